The summed E-state index contributed by atoms with van der Waals surface area (Å²) in [7, 11) is 0. The van der Waals surface area contributed by atoms with E-state index in [2.05, 4.69) is 0 Å². The molecule has 78 valence electrons. The number of benzene rings is 1. The monoisotopic (exact) mass is 213 g/mol. The Morgan fingerprint density at radius 3 is 2.88 bits per heavy atom. The molecule has 0 radical (unpaired) electrons. The molecule has 2 rings (SSSR count). The van der Waals surface area contributed by atoms with Crippen LogP contribution in [-0.2, 0) is 4.79 Å². The summed E-state index contributed by atoms with van der Waals surface area (Å²) >= 11 is 0. The third kappa shape index (κ3) is 1.66. The van der Waals surface area contributed by atoms with Gasteiger partial charge in [-0.05, 0) is 12.1 Å². The first-order chi connectivity index (χ1) is 7.72. The number of carboxylic acids is 1. The Morgan fingerprint density at radius 1 is 1.44 bits per heavy atom. The van der Waals surface area contributed by atoms with E-state index in [9.17, 15) is 4.79 Å². The minimum atomic E-state index is -1.11. The maximum absolute atomic E-state index is 11.0. The van der Waals surface area contributed by atoms with E-state index in [4.69, 9.17) is 15.1 Å². The van der Waals surface area contributed by atoms with Gasteiger partial charge in [0.05, 0.1) is 12.1 Å². The van der Waals surface area contributed by atoms with E-state index >= 15 is 0 Å². The number of nitrogens with zero attached hydrogens (tertiary/aromatic N) is 1. The molecule has 0 amide bonds. The number of rotatable bonds is 1. The molecule has 16 heavy (non-hydrogen) atoms. The number of nitriles is 1. The smallest absolute Gasteiger partial charge is 0.339 e. The summed E-state index contributed by atoms with van der Waals surface area (Å²) in [6, 6.07) is 8.80. The van der Waals surface area contributed by atoms with E-state index in [1.165, 1.54) is 6.08 Å². The first-order valence-electron chi connectivity index (χ1n) is 4.54. The van der Waals surface area contributed by atoms with Crippen LogP contribution in [0.5, 0.6) is 5.75 Å². The molecule has 0 bridgehead atoms. The zero-order valence-electron chi connectivity index (χ0n) is 8.18. The topological polar surface area (TPSA) is 70.3 Å². The second-order valence-electron chi connectivity index (χ2n) is 3.14. The van der Waals surface area contributed by atoms with Crippen molar-refractivity contribution in [3.63, 3.8) is 0 Å². The molecule has 0 saturated heterocycles. The summed E-state index contributed by atoms with van der Waals surface area (Å²) in [5.41, 5.74) is 0.676. The zero-order valence-corrected chi connectivity index (χ0v) is 8.18. The fourth-order valence-electron chi connectivity index (χ4n) is 1.43. The number of allylic oxidation sites excluding steroid dienone is 1. The number of ether oxygens (including phenoxy) is 1. The molecule has 0 saturated carbocycles. The lowest BCUT2D eigenvalue weighted by atomic mass is 10.1. The number of para-hydroxylation sites is 1. The molecule has 4 heteroatoms. The van der Waals surface area contributed by atoms with Gasteiger partial charge < -0.3 is 9.84 Å². The minimum Gasteiger partial charge on any atom is -0.478 e. The van der Waals surface area contributed by atoms with E-state index in [1.807, 2.05) is 0 Å². The lowest BCUT2D eigenvalue weighted by Crippen LogP contribution is -2.12. The Kier molecular flexibility index (Phi) is 2.44. The summed E-state index contributed by atoms with van der Waals surface area (Å²) in [4.78, 5) is 11.0. The Balaban J connectivity index is 2.57. The van der Waals surface area contributed by atoms with Gasteiger partial charge in [-0.2, -0.15) is 5.26 Å². The van der Waals surface area contributed by atoms with E-state index in [0.717, 1.165) is 6.08 Å². The number of aliphatic carboxylic acids is 1. The second-order valence-corrected chi connectivity index (χ2v) is 3.14. The summed E-state index contributed by atoms with van der Waals surface area (Å²) in [6.45, 7) is 0. The lowest BCUT2D eigenvalue weighted by molar-refractivity contribution is -0.132. The van der Waals surface area contributed by atoms with Gasteiger partial charge in [-0.15, -0.1) is 0 Å². The second kappa shape index (κ2) is 3.91. The van der Waals surface area contributed by atoms with Crippen LogP contribution in [0.2, 0.25) is 0 Å². The summed E-state index contributed by atoms with van der Waals surface area (Å²) < 4.78 is 5.34. The quantitative estimate of drug-likeness (QED) is 0.724. The van der Waals surface area contributed by atoms with Gasteiger partial charge in [0.25, 0.3) is 0 Å². The van der Waals surface area contributed by atoms with Gasteiger partial charge in [-0.1, -0.05) is 18.2 Å². The van der Waals surface area contributed by atoms with Crippen LogP contribution in [0, 0.1) is 11.3 Å². The molecule has 1 aliphatic rings. The van der Waals surface area contributed by atoms with Crippen molar-refractivity contribution in [3.05, 3.63) is 47.2 Å². The first-order valence-corrected chi connectivity index (χ1v) is 4.54. The van der Waals surface area contributed by atoms with E-state index in [-0.39, 0.29) is 11.3 Å². The number of hydrogen-bond acceptors (Lipinski definition) is 3. The minimum absolute atomic E-state index is 0.0137. The van der Waals surface area contributed by atoms with Gasteiger partial charge in [0.2, 0.25) is 0 Å². The zero-order chi connectivity index (χ0) is 11.5. The highest BCUT2D eigenvalue weighted by Crippen LogP contribution is 2.31. The number of carboxylic acid groups (broad SMARTS) is 1. The third-order valence-electron chi connectivity index (χ3n) is 2.13. The molecule has 0 spiro atoms. The number of hydrogen-bond donors (Lipinski definition) is 1. The van der Waals surface area contributed by atoms with Gasteiger partial charge >= 0.3 is 5.97 Å². The fraction of sp³-hybridized carbons (Fsp3) is 0. The molecular weight excluding hydrogens is 206 g/mol. The Labute approximate surface area is 91.7 Å². The maximum atomic E-state index is 11.0. The van der Waals surface area contributed by atoms with Gasteiger partial charge in [0.1, 0.15) is 11.3 Å². The van der Waals surface area contributed by atoms with Crippen LogP contribution in [0.1, 0.15) is 5.56 Å². The van der Waals surface area contributed by atoms with Crippen LogP contribution in [0.15, 0.2) is 41.7 Å². The number of fused-ring (bicyclic) bond motifs is 1. The Hall–Kier alpha value is -2.54. The predicted octanol–water partition coefficient (Wildman–Crippen LogP) is 1.95. The predicted molar refractivity (Wildman–Crippen MR) is 56.4 cm³/mol. The van der Waals surface area contributed by atoms with Crippen molar-refractivity contribution in [3.8, 4) is 11.8 Å². The van der Waals surface area contributed by atoms with Crippen molar-refractivity contribution >= 4 is 12.0 Å². The maximum Gasteiger partial charge on any atom is 0.339 e. The van der Waals surface area contributed by atoms with Crippen molar-refractivity contribution in [2.75, 3.05) is 0 Å². The molecule has 1 aromatic rings. The third-order valence-corrected chi connectivity index (χ3v) is 2.13. The molecular formula is C12H7NO3. The normalized spacial score (nSPS) is 15.7. The summed E-state index contributed by atoms with van der Waals surface area (Å²) in [5, 5.41) is 17.5. The van der Waals surface area contributed by atoms with Gasteiger partial charge in [-0.25, -0.2) is 4.79 Å². The van der Waals surface area contributed by atoms with Crippen molar-refractivity contribution in [2.24, 2.45) is 0 Å². The largest absolute Gasteiger partial charge is 0.478 e. The van der Waals surface area contributed by atoms with Crippen LogP contribution in [-0.4, -0.2) is 11.1 Å². The van der Waals surface area contributed by atoms with Crippen LogP contribution < -0.4 is 4.74 Å². The Bertz CT molecular complexity index is 550. The molecule has 1 N–H and O–H groups in total. The molecule has 0 unspecified atom stereocenters. The van der Waals surface area contributed by atoms with E-state index < -0.39 is 5.97 Å². The first kappa shape index (κ1) is 9.99. The molecule has 1 aromatic carbocycles. The van der Waals surface area contributed by atoms with Crippen molar-refractivity contribution in [1.29, 1.82) is 5.26 Å². The molecule has 0 aliphatic carbocycles. The fourth-order valence-corrected chi connectivity index (χ4v) is 1.43. The van der Waals surface area contributed by atoms with Crippen LogP contribution in [0.25, 0.3) is 6.08 Å². The molecule has 0 aromatic heterocycles. The van der Waals surface area contributed by atoms with Crippen molar-refractivity contribution in [2.45, 2.75) is 0 Å². The standard InChI is InChI=1S/C12H7NO3/c13-6-5-11-9(12(14)15)7-8-3-1-2-4-10(8)16-11/h1-5,7H,(H,14,15)/b11-5+. The molecule has 0 atom stereocenters. The SMILES string of the molecule is N#C/C=C1/Oc2ccccc2C=C1C(=O)O. The molecule has 1 aliphatic heterocycles. The van der Waals surface area contributed by atoms with E-state index in [1.54, 1.807) is 30.3 Å². The highest BCUT2D eigenvalue weighted by atomic mass is 16.5. The highest BCUT2D eigenvalue weighted by Gasteiger charge is 2.21. The molecule has 0 fully saturated rings. The Morgan fingerprint density at radius 2 is 2.19 bits per heavy atom. The average Bonchev–Trinajstić information content (AvgIpc) is 2.28. The molecule has 4 nitrogen and oxygen atoms in total. The highest BCUT2D eigenvalue weighted by molar-refractivity contribution is 5.98. The lowest BCUT2D eigenvalue weighted by Gasteiger charge is -2.17. The van der Waals surface area contributed by atoms with Gasteiger partial charge in [-0.3, -0.25) is 0 Å². The van der Waals surface area contributed by atoms with Crippen LogP contribution in [0.4, 0.5) is 0 Å². The van der Waals surface area contributed by atoms with Crippen molar-refractivity contribution in [1.82, 2.24) is 0 Å². The number of carbonyl (C=O) groups is 1. The van der Waals surface area contributed by atoms with E-state index in [0.29, 0.717) is 11.3 Å². The average molecular weight is 213 g/mol. The summed E-state index contributed by atoms with van der Waals surface area (Å²) in [6.07, 6.45) is 2.57. The van der Waals surface area contributed by atoms with Gasteiger partial charge in [0.15, 0.2) is 5.76 Å². The van der Waals surface area contributed by atoms with Gasteiger partial charge in [0, 0.05) is 5.56 Å². The van der Waals surface area contributed by atoms with Crippen molar-refractivity contribution < 1.29 is 14.6 Å². The molecule has 1 heterocycles. The summed E-state index contributed by atoms with van der Waals surface area (Å²) in [5.74, 6) is -0.501. The van der Waals surface area contributed by atoms with Crippen LogP contribution >= 0.6 is 0 Å². The van der Waals surface area contributed by atoms with Crippen LogP contribution in [0.3, 0.4) is 0 Å².